The second-order valence-corrected chi connectivity index (χ2v) is 7.43. The molecule has 0 saturated carbocycles. The Labute approximate surface area is 212 Å². The Morgan fingerprint density at radius 2 is 1.26 bits per heavy atom. The van der Waals surface area contributed by atoms with E-state index in [9.17, 15) is 4.79 Å². The van der Waals surface area contributed by atoms with E-state index in [0.29, 0.717) is 0 Å². The molecule has 0 amide bonds. The Morgan fingerprint density at radius 1 is 0.824 bits per heavy atom. The Hall–Kier alpha value is -1.84. The third-order valence-electron chi connectivity index (χ3n) is 5.09. The molecular formula is C26H43ClN2O5. The molecule has 0 saturated heterocycles. The maximum atomic E-state index is 10.0. The van der Waals surface area contributed by atoms with Crippen molar-refractivity contribution in [3.05, 3.63) is 71.8 Å². The summed E-state index contributed by atoms with van der Waals surface area (Å²) in [5.41, 5.74) is 2.02. The zero-order chi connectivity index (χ0) is 25.1. The number of hydrogen-bond acceptors (Lipinski definition) is 7. The molecule has 0 spiro atoms. The van der Waals surface area contributed by atoms with Crippen LogP contribution in [0.2, 0.25) is 0 Å². The van der Waals surface area contributed by atoms with Crippen LogP contribution in [0.3, 0.4) is 0 Å². The fraction of sp³-hybridized carbons (Fsp3) is 0.500. The highest BCUT2D eigenvalue weighted by molar-refractivity contribution is 5.85. The van der Waals surface area contributed by atoms with Crippen LogP contribution in [0, 0.1) is 0 Å². The molecule has 1 N–H and O–H groups in total. The van der Waals surface area contributed by atoms with E-state index >= 15 is 0 Å². The second-order valence-electron chi connectivity index (χ2n) is 7.43. The van der Waals surface area contributed by atoms with Gasteiger partial charge in [-0.3, -0.25) is 9.69 Å². The minimum Gasteiger partial charge on any atom is -0.354 e. The monoisotopic (exact) mass is 498 g/mol. The fourth-order valence-corrected chi connectivity index (χ4v) is 2.89. The van der Waals surface area contributed by atoms with Crippen LogP contribution in [0.25, 0.3) is 0 Å². The van der Waals surface area contributed by atoms with Gasteiger partial charge >= 0.3 is 0 Å². The highest BCUT2D eigenvalue weighted by Crippen LogP contribution is 2.10. The van der Waals surface area contributed by atoms with Gasteiger partial charge in [-0.2, -0.15) is 0 Å². The first kappa shape index (κ1) is 34.3. The molecule has 1 unspecified atom stereocenters. The molecule has 2 rings (SSSR count). The van der Waals surface area contributed by atoms with E-state index in [1.54, 1.807) is 40.6 Å². The SMILES string of the molecule is CNC(C)C(OC)OC.COC(OC)[C@H](C)N(C)Cc1ccccc1.Cl.O=Cc1ccccc1. The van der Waals surface area contributed by atoms with Gasteiger partial charge in [-0.05, 0) is 33.5 Å². The van der Waals surface area contributed by atoms with Gasteiger partial charge in [-0.25, -0.2) is 0 Å². The van der Waals surface area contributed by atoms with Crippen LogP contribution >= 0.6 is 12.4 Å². The van der Waals surface area contributed by atoms with Gasteiger partial charge in [0.25, 0.3) is 0 Å². The van der Waals surface area contributed by atoms with Gasteiger partial charge in [0.05, 0.1) is 12.1 Å². The first-order valence-corrected chi connectivity index (χ1v) is 10.9. The molecular weight excluding hydrogens is 456 g/mol. The quantitative estimate of drug-likeness (QED) is 0.366. The van der Waals surface area contributed by atoms with Crippen molar-refractivity contribution in [2.75, 3.05) is 42.5 Å². The summed E-state index contributed by atoms with van der Waals surface area (Å²) in [4.78, 5) is 12.2. The van der Waals surface area contributed by atoms with Crippen molar-refractivity contribution in [2.24, 2.45) is 0 Å². The van der Waals surface area contributed by atoms with E-state index in [1.807, 2.05) is 38.2 Å². The summed E-state index contributed by atoms with van der Waals surface area (Å²) < 4.78 is 20.4. The van der Waals surface area contributed by atoms with Gasteiger partial charge in [-0.15, -0.1) is 12.4 Å². The number of carbonyl (C=O) groups is 1. The van der Waals surface area contributed by atoms with Crippen molar-refractivity contribution in [3.8, 4) is 0 Å². The van der Waals surface area contributed by atoms with Crippen molar-refractivity contribution in [1.29, 1.82) is 0 Å². The molecule has 0 fully saturated rings. The van der Waals surface area contributed by atoms with Crippen molar-refractivity contribution in [1.82, 2.24) is 10.2 Å². The fourth-order valence-electron chi connectivity index (χ4n) is 2.89. The first-order valence-electron chi connectivity index (χ1n) is 10.9. The van der Waals surface area contributed by atoms with Crippen LogP contribution in [-0.4, -0.2) is 78.4 Å². The zero-order valence-corrected chi connectivity index (χ0v) is 22.6. The summed E-state index contributed by atoms with van der Waals surface area (Å²) in [7, 11) is 10.5. The molecule has 0 aliphatic heterocycles. The lowest BCUT2D eigenvalue weighted by molar-refractivity contribution is -0.140. The predicted molar refractivity (Wildman–Crippen MR) is 141 cm³/mol. The summed E-state index contributed by atoms with van der Waals surface area (Å²) in [5.74, 6) is 0. The van der Waals surface area contributed by atoms with Crippen LogP contribution < -0.4 is 5.32 Å². The largest absolute Gasteiger partial charge is 0.354 e. The van der Waals surface area contributed by atoms with Gasteiger partial charge in [0.15, 0.2) is 12.6 Å². The van der Waals surface area contributed by atoms with E-state index in [0.717, 1.165) is 18.4 Å². The first-order chi connectivity index (χ1) is 15.9. The number of aldehydes is 1. The zero-order valence-electron chi connectivity index (χ0n) is 21.8. The Balaban J connectivity index is 0. The normalized spacial score (nSPS) is 12.1. The van der Waals surface area contributed by atoms with Crippen molar-refractivity contribution < 1.29 is 23.7 Å². The molecule has 0 aliphatic rings. The molecule has 2 aromatic carbocycles. The van der Waals surface area contributed by atoms with Crippen molar-refractivity contribution in [3.63, 3.8) is 0 Å². The van der Waals surface area contributed by atoms with Gasteiger partial charge in [0, 0.05) is 40.5 Å². The molecule has 0 aromatic heterocycles. The number of benzene rings is 2. The molecule has 0 radical (unpaired) electrons. The van der Waals surface area contributed by atoms with Crippen LogP contribution in [-0.2, 0) is 25.5 Å². The maximum Gasteiger partial charge on any atom is 0.171 e. The Kier molecular flexibility index (Phi) is 21.9. The lowest BCUT2D eigenvalue weighted by Crippen LogP contribution is -2.40. The molecule has 7 nitrogen and oxygen atoms in total. The molecule has 0 bridgehead atoms. The number of halogens is 1. The second kappa shape index (κ2) is 21.7. The predicted octanol–water partition coefficient (Wildman–Crippen LogP) is 4.26. The third-order valence-corrected chi connectivity index (χ3v) is 5.09. The number of nitrogens with zero attached hydrogens (tertiary/aromatic N) is 1. The van der Waals surface area contributed by atoms with Gasteiger partial charge in [-0.1, -0.05) is 60.7 Å². The summed E-state index contributed by atoms with van der Waals surface area (Å²) in [6.07, 6.45) is 0.503. The highest BCUT2D eigenvalue weighted by Gasteiger charge is 2.20. The molecule has 34 heavy (non-hydrogen) atoms. The molecule has 2 aromatic rings. The van der Waals surface area contributed by atoms with E-state index in [4.69, 9.17) is 18.9 Å². The Morgan fingerprint density at radius 3 is 1.59 bits per heavy atom. The minimum atomic E-state index is -0.186. The average molecular weight is 499 g/mol. The number of carbonyl (C=O) groups excluding carboxylic acids is 1. The van der Waals surface area contributed by atoms with E-state index in [2.05, 4.69) is 48.5 Å². The molecule has 0 aliphatic carbocycles. The molecule has 2 atom stereocenters. The number of nitrogens with one attached hydrogen (secondary N) is 1. The average Bonchev–Trinajstić information content (AvgIpc) is 2.87. The number of rotatable bonds is 11. The molecule has 8 heteroatoms. The number of methoxy groups -OCH3 is 4. The Bertz CT molecular complexity index is 701. The molecule has 194 valence electrons. The minimum absolute atomic E-state index is 0. The standard InChI is InChI=1S/C13H21NO2.C7H6O.C6H15NO2.ClH/c1-11(13(15-3)16-4)14(2)10-12-8-6-5-7-9-12;8-6-7-4-2-1-3-5-7;1-5(7-2)6(8-3)9-4;/h5-9,11,13H,10H2,1-4H3;1-6H;5-7H,1-4H3;1H/t11-;;;/m0.../s1. The van der Waals surface area contributed by atoms with E-state index in [-0.39, 0.29) is 37.1 Å². The molecule has 0 heterocycles. The van der Waals surface area contributed by atoms with Crippen LogP contribution in [0.4, 0.5) is 0 Å². The van der Waals surface area contributed by atoms with Crippen molar-refractivity contribution >= 4 is 18.7 Å². The lowest BCUT2D eigenvalue weighted by Gasteiger charge is -2.29. The number of ether oxygens (including phenoxy) is 4. The number of likely N-dealkylation sites (N-methyl/N-ethyl adjacent to an activating group) is 2. The van der Waals surface area contributed by atoms with E-state index < -0.39 is 0 Å². The third kappa shape index (κ3) is 14.4. The van der Waals surface area contributed by atoms with Gasteiger partial charge < -0.3 is 24.3 Å². The van der Waals surface area contributed by atoms with Gasteiger partial charge in [0.2, 0.25) is 0 Å². The smallest absolute Gasteiger partial charge is 0.171 e. The summed E-state index contributed by atoms with van der Waals surface area (Å²) >= 11 is 0. The van der Waals surface area contributed by atoms with Crippen LogP contribution in [0.1, 0.15) is 29.8 Å². The van der Waals surface area contributed by atoms with Crippen LogP contribution in [0.5, 0.6) is 0 Å². The topological polar surface area (TPSA) is 69.3 Å². The summed E-state index contributed by atoms with van der Waals surface area (Å²) in [5, 5.41) is 3.02. The highest BCUT2D eigenvalue weighted by atomic mass is 35.5. The lowest BCUT2D eigenvalue weighted by atomic mass is 10.2. The summed E-state index contributed by atoms with van der Waals surface area (Å²) in [6, 6.07) is 19.9. The van der Waals surface area contributed by atoms with Gasteiger partial charge in [0.1, 0.15) is 6.29 Å². The van der Waals surface area contributed by atoms with E-state index in [1.165, 1.54) is 5.56 Å². The van der Waals surface area contributed by atoms with Crippen LogP contribution in [0.15, 0.2) is 60.7 Å². The number of hydrogen-bond donors (Lipinski definition) is 1. The van der Waals surface area contributed by atoms with Crippen molar-refractivity contribution in [2.45, 2.75) is 45.1 Å². The maximum absolute atomic E-state index is 10.0. The summed E-state index contributed by atoms with van der Waals surface area (Å²) in [6.45, 7) is 4.99.